The average Bonchev–Trinajstić information content (AvgIpc) is 2.81. The number of carbonyl (C=O) groups excluding carboxylic acids is 1. The summed E-state index contributed by atoms with van der Waals surface area (Å²) in [4.78, 5) is 36.8. The number of aliphatic hydroxyl groups is 1. The van der Waals surface area contributed by atoms with Gasteiger partial charge < -0.3 is 19.1 Å². The predicted molar refractivity (Wildman–Crippen MR) is 98.8 cm³/mol. The fourth-order valence-electron chi connectivity index (χ4n) is 2.61. The molecule has 1 aliphatic rings. The van der Waals surface area contributed by atoms with Crippen LogP contribution in [0.3, 0.4) is 0 Å². The van der Waals surface area contributed by atoms with Crippen molar-refractivity contribution in [2.45, 2.75) is 63.9 Å². The number of rotatable bonds is 8. The van der Waals surface area contributed by atoms with Gasteiger partial charge in [0.05, 0.1) is 21.7 Å². The first-order chi connectivity index (χ1) is 13.0. The van der Waals surface area contributed by atoms with Gasteiger partial charge in [0.2, 0.25) is 0 Å². The smallest absolute Gasteiger partial charge is 0.330 e. The number of carbonyl (C=O) groups is 1. The van der Waals surface area contributed by atoms with E-state index in [0.29, 0.717) is 0 Å². The molecule has 1 aliphatic heterocycles. The van der Waals surface area contributed by atoms with E-state index in [4.69, 9.17) is 14.0 Å². The first-order valence-corrected chi connectivity index (χ1v) is 9.61. The van der Waals surface area contributed by atoms with Crippen molar-refractivity contribution in [3.63, 3.8) is 0 Å². The molecule has 1 aromatic rings. The summed E-state index contributed by atoms with van der Waals surface area (Å²) in [6.07, 6.45) is -3.18. The maximum atomic E-state index is 15.0. The van der Waals surface area contributed by atoms with Gasteiger partial charge in [-0.3, -0.25) is 24.2 Å². The molecule has 12 heteroatoms. The number of esters is 1. The number of hydrogen-bond donors (Lipinski definition) is 3. The topological polar surface area (TPSA) is 132 Å². The molecule has 1 fully saturated rings. The summed E-state index contributed by atoms with van der Waals surface area (Å²) in [5.74, 6) is -0.433. The van der Waals surface area contributed by atoms with E-state index >= 15 is 0 Å². The number of aromatic nitrogens is 2. The van der Waals surface area contributed by atoms with E-state index in [9.17, 15) is 23.9 Å². The minimum atomic E-state index is -2.29. The van der Waals surface area contributed by atoms with Crippen molar-refractivity contribution in [3.8, 4) is 0 Å². The zero-order chi connectivity index (χ0) is 21.1. The quantitative estimate of drug-likeness (QED) is 0.303. The molecule has 0 radical (unpaired) electrons. The Balaban J connectivity index is 1.92. The van der Waals surface area contributed by atoms with E-state index in [2.05, 4.69) is 5.09 Å². The van der Waals surface area contributed by atoms with Crippen molar-refractivity contribution in [3.05, 3.63) is 33.1 Å². The Bertz CT molecular complexity index is 797. The van der Waals surface area contributed by atoms with E-state index < -0.39 is 47.4 Å². The van der Waals surface area contributed by atoms with Crippen molar-refractivity contribution in [1.29, 1.82) is 0 Å². The molecule has 1 aromatic heterocycles. The van der Waals surface area contributed by atoms with Crippen molar-refractivity contribution in [2.75, 3.05) is 6.61 Å². The van der Waals surface area contributed by atoms with Crippen LogP contribution in [0.4, 0.5) is 4.39 Å². The number of alkyl halides is 1. The average molecular weight is 421 g/mol. The zero-order valence-electron chi connectivity index (χ0n) is 16.0. The van der Waals surface area contributed by atoms with E-state index in [1.165, 1.54) is 0 Å². The minimum absolute atomic E-state index is 0.174. The molecule has 0 aliphatic carbocycles. The summed E-state index contributed by atoms with van der Waals surface area (Å²) in [6, 6.07) is 0.453. The Hall–Kier alpha value is -1.65. The van der Waals surface area contributed by atoms with Crippen LogP contribution in [0.1, 0.15) is 33.9 Å². The van der Waals surface area contributed by atoms with Crippen molar-refractivity contribution in [2.24, 2.45) is 0 Å². The highest BCUT2D eigenvalue weighted by molar-refractivity contribution is 7.29. The molecule has 10 nitrogen and oxygen atoms in total. The lowest BCUT2D eigenvalue weighted by molar-refractivity contribution is -0.148. The van der Waals surface area contributed by atoms with E-state index in [0.717, 1.165) is 23.8 Å². The van der Waals surface area contributed by atoms with Crippen LogP contribution in [0, 0.1) is 0 Å². The molecular weight excluding hydrogens is 396 g/mol. The predicted octanol–water partition coefficient (Wildman–Crippen LogP) is -0.0221. The fourth-order valence-corrected chi connectivity index (χ4v) is 3.24. The third kappa shape index (κ3) is 5.24. The summed E-state index contributed by atoms with van der Waals surface area (Å²) in [5, 5.41) is 13.0. The highest BCUT2D eigenvalue weighted by Gasteiger charge is 2.55. The van der Waals surface area contributed by atoms with Crippen LogP contribution in [-0.2, 0) is 18.8 Å². The fraction of sp³-hybridized carbons (Fsp3) is 0.688. The Labute approximate surface area is 162 Å². The van der Waals surface area contributed by atoms with Crippen molar-refractivity contribution < 1.29 is 28.3 Å². The number of nitrogens with one attached hydrogen (secondary N) is 2. The summed E-state index contributed by atoms with van der Waals surface area (Å²) in [7, 11) is -0.326. The summed E-state index contributed by atoms with van der Waals surface area (Å²) < 4.78 is 31.7. The molecular formula is C16H25FN3O7P. The van der Waals surface area contributed by atoms with E-state index in [-0.39, 0.29) is 21.7 Å². The number of hydrogen-bond acceptors (Lipinski definition) is 8. The minimum Gasteiger partial charge on any atom is -0.462 e. The van der Waals surface area contributed by atoms with Crippen molar-refractivity contribution in [1.82, 2.24) is 14.6 Å². The Morgan fingerprint density at radius 3 is 2.79 bits per heavy atom. The second-order valence-electron chi connectivity index (χ2n) is 6.91. The number of aliphatic hydroxyl groups excluding tert-OH is 1. The molecule has 158 valence electrons. The molecule has 2 heterocycles. The van der Waals surface area contributed by atoms with Crippen LogP contribution < -0.4 is 16.3 Å². The number of ether oxygens (including phenoxy) is 2. The molecule has 0 spiro atoms. The van der Waals surface area contributed by atoms with Gasteiger partial charge in [-0.2, -0.15) is 0 Å². The van der Waals surface area contributed by atoms with E-state index in [1.54, 1.807) is 20.8 Å². The number of aromatic amines is 1. The second kappa shape index (κ2) is 9.23. The molecule has 3 N–H and O–H groups in total. The third-order valence-corrected chi connectivity index (χ3v) is 4.98. The maximum Gasteiger partial charge on any atom is 0.330 e. The first kappa shape index (κ1) is 22.6. The van der Waals surface area contributed by atoms with Gasteiger partial charge in [0.15, 0.2) is 11.9 Å². The molecule has 0 aromatic carbocycles. The molecule has 28 heavy (non-hydrogen) atoms. The lowest BCUT2D eigenvalue weighted by Gasteiger charge is -2.24. The van der Waals surface area contributed by atoms with Crippen LogP contribution in [0.25, 0.3) is 0 Å². The Morgan fingerprint density at radius 1 is 1.50 bits per heavy atom. The lowest BCUT2D eigenvalue weighted by atomic mass is 9.98. The van der Waals surface area contributed by atoms with Gasteiger partial charge in [-0.1, -0.05) is 0 Å². The number of halogens is 1. The normalized spacial score (nSPS) is 28.9. The zero-order valence-corrected chi connectivity index (χ0v) is 17.0. The highest BCUT2D eigenvalue weighted by Crippen LogP contribution is 2.40. The molecule has 0 saturated carbocycles. The first-order valence-electron chi connectivity index (χ1n) is 8.70. The molecule has 0 amide bonds. The van der Waals surface area contributed by atoms with Crippen LogP contribution in [0.15, 0.2) is 21.9 Å². The Kier molecular flexibility index (Phi) is 7.46. The number of H-pyrrole nitrogens is 1. The van der Waals surface area contributed by atoms with Crippen LogP contribution >= 0.6 is 8.96 Å². The standard InChI is InChI=1S/C16H25FN3O7P/c1-8(2)26-13(23)9(3)19-28-25-7-10-12(22)16(4,17)14(27-10)20-6-5-11(21)18-15(20)24/h5-6,8-10,12,14,19,22,28H,7H2,1-4H3,(H,18,21,24). The summed E-state index contributed by atoms with van der Waals surface area (Å²) in [6.45, 7) is 6.01. The summed E-state index contributed by atoms with van der Waals surface area (Å²) in [5.41, 5.74) is -3.77. The van der Waals surface area contributed by atoms with Gasteiger partial charge >= 0.3 is 11.7 Å². The van der Waals surface area contributed by atoms with Gasteiger partial charge in [-0.25, -0.2) is 9.18 Å². The van der Waals surface area contributed by atoms with Gasteiger partial charge in [0, 0.05) is 12.3 Å². The Morgan fingerprint density at radius 2 is 2.18 bits per heavy atom. The largest absolute Gasteiger partial charge is 0.462 e. The third-order valence-electron chi connectivity index (χ3n) is 4.12. The van der Waals surface area contributed by atoms with Crippen LogP contribution in [0.5, 0.6) is 0 Å². The van der Waals surface area contributed by atoms with Crippen molar-refractivity contribution >= 4 is 14.9 Å². The highest BCUT2D eigenvalue weighted by atomic mass is 31.1. The van der Waals surface area contributed by atoms with Gasteiger partial charge in [0.25, 0.3) is 5.56 Å². The molecule has 1 saturated heterocycles. The number of nitrogens with zero attached hydrogens (tertiary/aromatic N) is 1. The molecule has 0 bridgehead atoms. The second-order valence-corrected chi connectivity index (χ2v) is 7.69. The maximum absolute atomic E-state index is 15.0. The molecule has 6 atom stereocenters. The van der Waals surface area contributed by atoms with E-state index in [1.807, 2.05) is 4.98 Å². The monoisotopic (exact) mass is 421 g/mol. The molecule has 2 rings (SSSR count). The van der Waals surface area contributed by atoms with Gasteiger partial charge in [-0.05, 0) is 27.7 Å². The lowest BCUT2D eigenvalue weighted by Crippen LogP contribution is -2.43. The SMILES string of the molecule is CC(C)OC(=O)C(C)NPOCC1OC(n2ccc(=O)[nH]c2=O)C(C)(F)C1O. The molecule has 6 unspecified atom stereocenters. The van der Waals surface area contributed by atoms with Crippen LogP contribution in [0.2, 0.25) is 0 Å². The van der Waals surface area contributed by atoms with Gasteiger partial charge in [-0.15, -0.1) is 0 Å². The van der Waals surface area contributed by atoms with Gasteiger partial charge in [0.1, 0.15) is 18.2 Å². The van der Waals surface area contributed by atoms with Crippen LogP contribution in [-0.4, -0.2) is 57.3 Å². The summed E-state index contributed by atoms with van der Waals surface area (Å²) >= 11 is 0.